The molecule has 0 spiro atoms. The van der Waals surface area contributed by atoms with Gasteiger partial charge in [-0.25, -0.2) is 9.18 Å². The Bertz CT molecular complexity index is 1080. The number of ether oxygens (including phenoxy) is 1. The first kappa shape index (κ1) is 29.6. The van der Waals surface area contributed by atoms with Gasteiger partial charge < -0.3 is 30.6 Å². The molecule has 0 aromatic heterocycles. The zero-order valence-corrected chi connectivity index (χ0v) is 25.3. The molecule has 5 saturated heterocycles. The average Bonchev–Trinajstić information content (AvgIpc) is 3.43. The molecule has 6 aliphatic heterocycles. The summed E-state index contributed by atoms with van der Waals surface area (Å²) in [5, 5.41) is 12.5. The number of hydrogen-bond donors (Lipinski definition) is 5. The standard InChI is InChI=1S/C29H48FN9O3/c1-6-23(40)36-14-18(5)37(15-17(36)4)26-20-12-21(30)28-33-27(20)38(29(41)34-26)25-22(9-10-31-24(25)16(2)3)42-11-7-8-19-13-32-35-39(19)28/h6,13,16-18,20-22,24-28,31-33,35H,1,7-12,14-15H2,2-5H3,(H,34,41). The molecule has 0 aromatic carbocycles. The van der Waals surface area contributed by atoms with Crippen LogP contribution in [0.4, 0.5) is 9.18 Å². The highest BCUT2D eigenvalue weighted by Crippen LogP contribution is 2.39. The van der Waals surface area contributed by atoms with Crippen LogP contribution in [0.2, 0.25) is 0 Å². The van der Waals surface area contributed by atoms with Gasteiger partial charge in [0.15, 0.2) is 0 Å². The van der Waals surface area contributed by atoms with Crippen molar-refractivity contribution in [1.29, 1.82) is 0 Å². The maximum atomic E-state index is 16.3. The summed E-state index contributed by atoms with van der Waals surface area (Å²) < 4.78 is 22.9. The fourth-order valence-corrected chi connectivity index (χ4v) is 8.13. The fraction of sp³-hybridized carbons (Fsp3) is 0.793. The molecule has 0 radical (unpaired) electrons. The number of piperazine rings is 1. The molecular formula is C29H48FN9O3. The third-order valence-corrected chi connectivity index (χ3v) is 10.2. The van der Waals surface area contributed by atoms with Gasteiger partial charge in [-0.05, 0) is 58.1 Å². The molecule has 3 amide bonds. The molecule has 10 unspecified atom stereocenters. The van der Waals surface area contributed by atoms with Crippen LogP contribution >= 0.6 is 0 Å². The van der Waals surface area contributed by atoms with E-state index < -0.39 is 18.5 Å². The summed E-state index contributed by atoms with van der Waals surface area (Å²) in [5.74, 6) is -0.0576. The number of amides is 3. The van der Waals surface area contributed by atoms with E-state index in [1.807, 2.05) is 27.9 Å². The van der Waals surface area contributed by atoms with Crippen LogP contribution in [-0.4, -0.2) is 113 Å². The smallest absolute Gasteiger partial charge is 0.320 e. The Morgan fingerprint density at radius 1 is 1.19 bits per heavy atom. The second kappa shape index (κ2) is 11.9. The Hall–Kier alpha value is -2.45. The second-order valence-corrected chi connectivity index (χ2v) is 13.1. The first-order valence-electron chi connectivity index (χ1n) is 15.7. The van der Waals surface area contributed by atoms with E-state index in [1.54, 1.807) is 0 Å². The first-order chi connectivity index (χ1) is 20.2. The number of urea groups is 1. The number of nitrogens with zero attached hydrogens (tertiary/aromatic N) is 4. The minimum absolute atomic E-state index is 0.0289. The van der Waals surface area contributed by atoms with Gasteiger partial charge in [-0.2, -0.15) is 0 Å². The normalized spacial score (nSPS) is 41.0. The van der Waals surface area contributed by atoms with Crippen LogP contribution < -0.4 is 26.9 Å². The Balaban J connectivity index is 1.37. The third-order valence-electron chi connectivity index (χ3n) is 10.2. The lowest BCUT2D eigenvalue weighted by atomic mass is 9.81. The number of hydrogen-bond acceptors (Lipinski definition) is 9. The Morgan fingerprint density at radius 2 is 2.00 bits per heavy atom. The number of rotatable bonds is 3. The molecule has 0 saturated carbocycles. The van der Waals surface area contributed by atoms with Gasteiger partial charge in [0.2, 0.25) is 5.91 Å². The number of alkyl halides is 1. The van der Waals surface area contributed by atoms with E-state index in [-0.39, 0.29) is 66.6 Å². The van der Waals surface area contributed by atoms with Crippen LogP contribution in [0.5, 0.6) is 0 Å². The fourth-order valence-electron chi connectivity index (χ4n) is 8.13. The van der Waals surface area contributed by atoms with Gasteiger partial charge in [0.25, 0.3) is 0 Å². The zero-order valence-electron chi connectivity index (χ0n) is 25.3. The number of halogens is 1. The van der Waals surface area contributed by atoms with E-state index in [2.05, 4.69) is 59.2 Å². The van der Waals surface area contributed by atoms with Crippen molar-refractivity contribution in [3.8, 4) is 0 Å². The lowest BCUT2D eigenvalue weighted by molar-refractivity contribution is -0.140. The molecular weight excluding hydrogens is 541 g/mol. The maximum absolute atomic E-state index is 16.3. The van der Waals surface area contributed by atoms with Gasteiger partial charge >= 0.3 is 6.03 Å². The van der Waals surface area contributed by atoms with Gasteiger partial charge in [0, 0.05) is 49.9 Å². The first-order valence-corrected chi connectivity index (χ1v) is 15.7. The van der Waals surface area contributed by atoms with Gasteiger partial charge in [-0.1, -0.05) is 20.4 Å². The van der Waals surface area contributed by atoms with Gasteiger partial charge in [-0.3, -0.25) is 20.0 Å². The number of allylic oxidation sites excluding steroid dienone is 1. The van der Waals surface area contributed by atoms with Crippen molar-refractivity contribution in [2.45, 2.75) is 108 Å². The number of nitrogens with one attached hydrogen (secondary N) is 5. The van der Waals surface area contributed by atoms with Crippen molar-refractivity contribution in [2.24, 2.45) is 11.8 Å². The molecule has 42 heavy (non-hydrogen) atoms. The molecule has 6 heterocycles. The van der Waals surface area contributed by atoms with Crippen molar-refractivity contribution in [1.82, 2.24) is 46.6 Å². The number of carbonyl (C=O) groups excluding carboxylic acids is 2. The highest BCUT2D eigenvalue weighted by atomic mass is 19.1. The minimum Gasteiger partial charge on any atom is -0.376 e. The van der Waals surface area contributed by atoms with Crippen LogP contribution in [-0.2, 0) is 9.53 Å². The highest BCUT2D eigenvalue weighted by Gasteiger charge is 2.57. The summed E-state index contributed by atoms with van der Waals surface area (Å²) in [6, 6.07) is -0.440. The van der Waals surface area contributed by atoms with E-state index in [9.17, 15) is 9.59 Å². The Labute approximate surface area is 248 Å². The molecule has 10 atom stereocenters. The van der Waals surface area contributed by atoms with Gasteiger partial charge in [-0.15, -0.1) is 5.53 Å². The SMILES string of the molecule is C=CC(=O)N1CC(C)N(C2NC(=O)N3C4NC(C(F)CC24)N2NNC=C2CCCOC2CCNC(C(C)C)C23)CC1C. The van der Waals surface area contributed by atoms with E-state index >= 15 is 4.39 Å². The molecule has 12 nitrogen and oxygen atoms in total. The topological polar surface area (TPSA) is 116 Å². The predicted molar refractivity (Wildman–Crippen MR) is 156 cm³/mol. The molecule has 13 heteroatoms. The summed E-state index contributed by atoms with van der Waals surface area (Å²) >= 11 is 0. The number of hydrazine groups is 2. The van der Waals surface area contributed by atoms with Crippen LogP contribution in [0.3, 0.4) is 0 Å². The summed E-state index contributed by atoms with van der Waals surface area (Å²) in [4.78, 5) is 32.9. The number of carbonyl (C=O) groups is 2. The molecule has 0 aromatic rings. The van der Waals surface area contributed by atoms with Crippen molar-refractivity contribution < 1.29 is 18.7 Å². The molecule has 6 rings (SSSR count). The lowest BCUT2D eigenvalue weighted by Crippen LogP contribution is -2.81. The van der Waals surface area contributed by atoms with Crippen molar-refractivity contribution >= 4 is 11.9 Å². The van der Waals surface area contributed by atoms with Crippen LogP contribution in [0, 0.1) is 11.8 Å². The third kappa shape index (κ3) is 5.17. The van der Waals surface area contributed by atoms with E-state index in [0.717, 1.165) is 31.5 Å². The lowest BCUT2D eigenvalue weighted by Gasteiger charge is -2.60. The summed E-state index contributed by atoms with van der Waals surface area (Å²) in [6.45, 7) is 14.6. The highest BCUT2D eigenvalue weighted by molar-refractivity contribution is 5.87. The van der Waals surface area contributed by atoms with Crippen molar-refractivity contribution in [3.05, 3.63) is 24.6 Å². The average molecular weight is 590 g/mol. The molecule has 5 fully saturated rings. The van der Waals surface area contributed by atoms with Crippen molar-refractivity contribution in [2.75, 3.05) is 26.2 Å². The largest absolute Gasteiger partial charge is 0.376 e. The van der Waals surface area contributed by atoms with Crippen LogP contribution in [0.15, 0.2) is 24.6 Å². The second-order valence-electron chi connectivity index (χ2n) is 13.1. The van der Waals surface area contributed by atoms with E-state index in [1.165, 1.54) is 6.08 Å². The zero-order chi connectivity index (χ0) is 29.7. The molecule has 5 N–H and O–H groups in total. The molecule has 0 aliphatic carbocycles. The maximum Gasteiger partial charge on any atom is 0.320 e. The Morgan fingerprint density at radius 3 is 2.76 bits per heavy atom. The van der Waals surface area contributed by atoms with Crippen LogP contribution in [0.25, 0.3) is 0 Å². The molecule has 234 valence electrons. The number of fused-ring (bicyclic) bond motifs is 5. The summed E-state index contributed by atoms with van der Waals surface area (Å²) in [7, 11) is 0. The monoisotopic (exact) mass is 589 g/mol. The van der Waals surface area contributed by atoms with Gasteiger partial charge in [0.1, 0.15) is 12.3 Å². The van der Waals surface area contributed by atoms with E-state index in [0.29, 0.717) is 19.7 Å². The van der Waals surface area contributed by atoms with E-state index in [4.69, 9.17) is 4.74 Å². The van der Waals surface area contributed by atoms with Gasteiger partial charge in [0.05, 0.1) is 30.2 Å². The van der Waals surface area contributed by atoms with Crippen LogP contribution in [0.1, 0.15) is 53.4 Å². The molecule has 6 aliphatic rings. The summed E-state index contributed by atoms with van der Waals surface area (Å²) in [5.41, 5.74) is 7.14. The summed E-state index contributed by atoms with van der Waals surface area (Å²) in [6.07, 6.45) is 3.12. The predicted octanol–water partition coefficient (Wildman–Crippen LogP) is 0.776. The molecule has 2 bridgehead atoms. The quantitative estimate of drug-likeness (QED) is 0.305. The minimum atomic E-state index is -1.18. The Kier molecular flexibility index (Phi) is 8.40. The van der Waals surface area contributed by atoms with Crippen molar-refractivity contribution in [3.63, 3.8) is 0 Å². The number of piperidine rings is 2.